The van der Waals surface area contributed by atoms with Crippen LogP contribution in [-0.2, 0) is 19.6 Å². The van der Waals surface area contributed by atoms with E-state index >= 15 is 0 Å². The third-order valence-corrected chi connectivity index (χ3v) is 6.03. The first-order valence-electron chi connectivity index (χ1n) is 9.58. The second-order valence-electron chi connectivity index (χ2n) is 7.27. The summed E-state index contributed by atoms with van der Waals surface area (Å²) in [5.41, 5.74) is 1.54. The van der Waals surface area contributed by atoms with Crippen LogP contribution in [0.3, 0.4) is 0 Å². The van der Waals surface area contributed by atoms with Gasteiger partial charge in [-0.2, -0.15) is 10.1 Å². The maximum atomic E-state index is 13.0. The number of carbonyl (C=O) groups is 2. The maximum absolute atomic E-state index is 13.0. The molecular weight excluding hydrogens is 434 g/mol. The van der Waals surface area contributed by atoms with E-state index < -0.39 is 21.9 Å². The van der Waals surface area contributed by atoms with Gasteiger partial charge in [0.25, 0.3) is 5.91 Å². The summed E-state index contributed by atoms with van der Waals surface area (Å²) in [6.45, 7) is 1.71. The number of aromatic carboxylic acids is 1. The molecule has 0 fully saturated rings. The minimum Gasteiger partial charge on any atom is -0.478 e. The van der Waals surface area contributed by atoms with Crippen molar-refractivity contribution >= 4 is 39.1 Å². The lowest BCUT2D eigenvalue weighted by molar-refractivity contribution is -0.118. The summed E-state index contributed by atoms with van der Waals surface area (Å²) in [4.78, 5) is 24.4. The molecule has 3 N–H and O–H groups in total. The topological polar surface area (TPSA) is 139 Å². The SMILES string of the molecule is CC1=NN(c2ccc(S(N)(=O)=O)cc2)C(=O)C1C=C1CC=C(c2ccccc2C(=O)O)O1. The Morgan fingerprint density at radius 1 is 1.22 bits per heavy atom. The number of carboxylic acids is 1. The van der Waals surface area contributed by atoms with E-state index in [1.165, 1.54) is 35.3 Å². The molecule has 0 aliphatic carbocycles. The molecule has 4 rings (SSSR count). The minimum absolute atomic E-state index is 0.0631. The van der Waals surface area contributed by atoms with Gasteiger partial charge in [0.05, 0.1) is 21.9 Å². The number of anilines is 1. The number of primary sulfonamides is 1. The third kappa shape index (κ3) is 4.05. The van der Waals surface area contributed by atoms with E-state index in [1.807, 2.05) is 0 Å². The number of sulfonamides is 1. The zero-order valence-corrected chi connectivity index (χ0v) is 17.7. The molecule has 1 unspecified atom stereocenters. The van der Waals surface area contributed by atoms with Gasteiger partial charge < -0.3 is 9.84 Å². The molecule has 32 heavy (non-hydrogen) atoms. The van der Waals surface area contributed by atoms with Crippen molar-refractivity contribution < 1.29 is 27.9 Å². The third-order valence-electron chi connectivity index (χ3n) is 5.10. The zero-order chi connectivity index (χ0) is 23.0. The zero-order valence-electron chi connectivity index (χ0n) is 16.9. The van der Waals surface area contributed by atoms with Crippen molar-refractivity contribution in [2.45, 2.75) is 18.2 Å². The smallest absolute Gasteiger partial charge is 0.336 e. The Hall–Kier alpha value is -3.76. The molecule has 164 valence electrons. The second-order valence-corrected chi connectivity index (χ2v) is 8.83. The van der Waals surface area contributed by atoms with Crippen molar-refractivity contribution in [2.24, 2.45) is 16.2 Å². The Bertz CT molecular complexity index is 1310. The Labute approximate surface area is 184 Å². The molecular formula is C22H19N3O6S. The van der Waals surface area contributed by atoms with Crippen LogP contribution in [0.5, 0.6) is 0 Å². The molecule has 2 aliphatic rings. The number of nitrogens with zero attached hydrogens (tertiary/aromatic N) is 2. The molecule has 0 radical (unpaired) electrons. The van der Waals surface area contributed by atoms with Gasteiger partial charge in [0.1, 0.15) is 17.4 Å². The van der Waals surface area contributed by atoms with E-state index in [1.54, 1.807) is 37.3 Å². The average molecular weight is 453 g/mol. The molecule has 2 heterocycles. The number of carboxylic acid groups (broad SMARTS) is 1. The molecule has 0 spiro atoms. The van der Waals surface area contributed by atoms with Gasteiger partial charge >= 0.3 is 5.97 Å². The van der Waals surface area contributed by atoms with Crippen LogP contribution in [0.4, 0.5) is 5.69 Å². The summed E-state index contributed by atoms with van der Waals surface area (Å²) in [6.07, 6.45) is 3.83. The van der Waals surface area contributed by atoms with Crippen LogP contribution >= 0.6 is 0 Å². The molecule has 0 saturated heterocycles. The maximum Gasteiger partial charge on any atom is 0.336 e. The number of hydrogen-bond donors (Lipinski definition) is 2. The van der Waals surface area contributed by atoms with Gasteiger partial charge in [0.15, 0.2) is 0 Å². The molecule has 0 aromatic heterocycles. The summed E-state index contributed by atoms with van der Waals surface area (Å²) in [7, 11) is -3.84. The predicted octanol–water partition coefficient (Wildman–Crippen LogP) is 2.72. The highest BCUT2D eigenvalue weighted by molar-refractivity contribution is 7.89. The Morgan fingerprint density at radius 3 is 2.56 bits per heavy atom. The van der Waals surface area contributed by atoms with Crippen molar-refractivity contribution in [3.8, 4) is 0 Å². The van der Waals surface area contributed by atoms with E-state index in [0.29, 0.717) is 34.9 Å². The number of hydrogen-bond acceptors (Lipinski definition) is 6. The standard InChI is InChI=1S/C22H19N3O6S/c1-13-19(21(26)25(24-13)14-6-9-16(10-7-14)32(23,29)30)12-15-8-11-20(31-15)17-4-2-3-5-18(17)22(27)28/h2-7,9-12,19H,8H2,1H3,(H,27,28)(H2,23,29,30). The van der Waals surface area contributed by atoms with Crippen molar-refractivity contribution in [3.05, 3.63) is 77.6 Å². The molecule has 10 heteroatoms. The molecule has 9 nitrogen and oxygen atoms in total. The lowest BCUT2D eigenvalue weighted by atomic mass is 10.0. The average Bonchev–Trinajstić information content (AvgIpc) is 3.33. The van der Waals surface area contributed by atoms with Crippen LogP contribution in [-0.4, -0.2) is 31.1 Å². The van der Waals surface area contributed by atoms with Crippen LogP contribution in [0.1, 0.15) is 29.3 Å². The fourth-order valence-electron chi connectivity index (χ4n) is 3.49. The summed E-state index contributed by atoms with van der Waals surface area (Å²) in [6, 6.07) is 12.1. The highest BCUT2D eigenvalue weighted by atomic mass is 32.2. The number of amides is 1. The van der Waals surface area contributed by atoms with E-state index in [9.17, 15) is 23.1 Å². The highest BCUT2D eigenvalue weighted by Crippen LogP contribution is 2.33. The molecule has 0 saturated carbocycles. The predicted molar refractivity (Wildman–Crippen MR) is 117 cm³/mol. The van der Waals surface area contributed by atoms with Crippen LogP contribution in [0.25, 0.3) is 5.76 Å². The number of benzene rings is 2. The van der Waals surface area contributed by atoms with Gasteiger partial charge in [-0.05, 0) is 49.4 Å². The fraction of sp³-hybridized carbons (Fsp3) is 0.136. The number of carbonyl (C=O) groups excluding carboxylic acids is 1. The first-order valence-corrected chi connectivity index (χ1v) is 11.1. The van der Waals surface area contributed by atoms with Gasteiger partial charge in [-0.25, -0.2) is 18.4 Å². The second kappa shape index (κ2) is 8.06. The van der Waals surface area contributed by atoms with Gasteiger partial charge in [0.2, 0.25) is 10.0 Å². The summed E-state index contributed by atoms with van der Waals surface area (Å²) in [5.74, 6) is -1.10. The van der Waals surface area contributed by atoms with Gasteiger partial charge in [0, 0.05) is 12.0 Å². The summed E-state index contributed by atoms with van der Waals surface area (Å²) in [5, 5.41) is 20.0. The molecule has 1 amide bonds. The number of nitrogens with two attached hydrogens (primary N) is 1. The van der Waals surface area contributed by atoms with Crippen LogP contribution in [0, 0.1) is 5.92 Å². The van der Waals surface area contributed by atoms with Crippen molar-refractivity contribution in [2.75, 3.05) is 5.01 Å². The monoisotopic (exact) mass is 453 g/mol. The molecule has 1 atom stereocenters. The lowest BCUT2D eigenvalue weighted by Gasteiger charge is -2.14. The summed E-state index contributed by atoms with van der Waals surface area (Å²) >= 11 is 0. The number of ether oxygens (including phenoxy) is 1. The normalized spacial score (nSPS) is 19.7. The molecule has 2 aromatic rings. The largest absolute Gasteiger partial charge is 0.478 e. The van der Waals surface area contributed by atoms with E-state index in [2.05, 4.69) is 5.10 Å². The number of hydrazone groups is 1. The van der Waals surface area contributed by atoms with Gasteiger partial charge in [-0.15, -0.1) is 0 Å². The first-order chi connectivity index (χ1) is 15.1. The lowest BCUT2D eigenvalue weighted by Crippen LogP contribution is -2.26. The Morgan fingerprint density at radius 2 is 1.91 bits per heavy atom. The van der Waals surface area contributed by atoms with Crippen LogP contribution < -0.4 is 10.1 Å². The van der Waals surface area contributed by atoms with Crippen LogP contribution in [0.2, 0.25) is 0 Å². The van der Waals surface area contributed by atoms with Gasteiger partial charge in [-0.1, -0.05) is 18.2 Å². The van der Waals surface area contributed by atoms with E-state index in [-0.39, 0.29) is 16.4 Å². The van der Waals surface area contributed by atoms with Crippen molar-refractivity contribution in [1.29, 1.82) is 0 Å². The number of rotatable bonds is 5. The fourth-order valence-corrected chi connectivity index (χ4v) is 4.00. The quantitative estimate of drug-likeness (QED) is 0.713. The molecule has 2 aromatic carbocycles. The molecule has 0 bridgehead atoms. The van der Waals surface area contributed by atoms with Gasteiger partial charge in [-0.3, -0.25) is 4.79 Å². The summed E-state index contributed by atoms with van der Waals surface area (Å²) < 4.78 is 28.7. The van der Waals surface area contributed by atoms with E-state index in [4.69, 9.17) is 9.88 Å². The Balaban J connectivity index is 1.52. The highest BCUT2D eigenvalue weighted by Gasteiger charge is 2.34. The molecule has 2 aliphatic heterocycles. The Kier molecular flexibility index (Phi) is 5.41. The van der Waals surface area contributed by atoms with Crippen molar-refractivity contribution in [3.63, 3.8) is 0 Å². The van der Waals surface area contributed by atoms with Crippen LogP contribution in [0.15, 0.2) is 76.4 Å². The van der Waals surface area contributed by atoms with Crippen molar-refractivity contribution in [1.82, 2.24) is 0 Å². The first kappa shape index (κ1) is 21.5. The number of allylic oxidation sites excluding steroid dienone is 1. The van der Waals surface area contributed by atoms with E-state index in [0.717, 1.165) is 0 Å². The minimum atomic E-state index is -3.84.